The second-order valence-corrected chi connectivity index (χ2v) is 4.92. The quantitative estimate of drug-likeness (QED) is 0.608. The number of ether oxygens (including phenoxy) is 2. The predicted molar refractivity (Wildman–Crippen MR) is 78.3 cm³/mol. The van der Waals surface area contributed by atoms with E-state index in [1.54, 1.807) is 20.4 Å². The molecule has 2 rings (SSSR count). The van der Waals surface area contributed by atoms with E-state index in [0.717, 1.165) is 9.13 Å². The number of aromatic nitrogens is 2. The first-order chi connectivity index (χ1) is 8.65. The maximum Gasteiger partial charge on any atom is 0.164 e. The number of hydrogen-bond acceptors (Lipinski definition) is 4. The molecule has 1 heterocycles. The van der Waals surface area contributed by atoms with Crippen molar-refractivity contribution in [3.63, 3.8) is 0 Å². The second-order valence-electron chi connectivity index (χ2n) is 3.40. The van der Waals surface area contributed by atoms with Crippen LogP contribution in [-0.2, 0) is 0 Å². The predicted octanol–water partition coefficient (Wildman–Crippen LogP) is 3.42. The van der Waals surface area contributed by atoms with E-state index in [9.17, 15) is 0 Å². The van der Waals surface area contributed by atoms with E-state index < -0.39 is 0 Å². The van der Waals surface area contributed by atoms with Crippen molar-refractivity contribution in [2.24, 2.45) is 0 Å². The molecular formula is C12H10ClIN2O2. The lowest BCUT2D eigenvalue weighted by molar-refractivity contribution is 0.404. The van der Waals surface area contributed by atoms with Crippen molar-refractivity contribution in [2.75, 3.05) is 14.2 Å². The van der Waals surface area contributed by atoms with Gasteiger partial charge in [-0.05, 0) is 40.8 Å². The molecule has 0 aliphatic rings. The Balaban J connectivity index is 2.57. The summed E-state index contributed by atoms with van der Waals surface area (Å²) in [4.78, 5) is 8.49. The van der Waals surface area contributed by atoms with E-state index in [-0.39, 0.29) is 0 Å². The van der Waals surface area contributed by atoms with Crippen LogP contribution in [0.3, 0.4) is 0 Å². The van der Waals surface area contributed by atoms with E-state index in [4.69, 9.17) is 21.1 Å². The van der Waals surface area contributed by atoms with Crippen LogP contribution in [0.5, 0.6) is 11.5 Å². The fourth-order valence-corrected chi connectivity index (χ4v) is 1.85. The topological polar surface area (TPSA) is 44.2 Å². The number of benzene rings is 1. The minimum Gasteiger partial charge on any atom is -0.497 e. The molecule has 0 aliphatic carbocycles. The largest absolute Gasteiger partial charge is 0.497 e. The van der Waals surface area contributed by atoms with Crippen molar-refractivity contribution in [3.8, 4) is 22.9 Å². The maximum atomic E-state index is 6.00. The molecule has 0 aliphatic heterocycles. The normalized spacial score (nSPS) is 10.2. The molecule has 6 heteroatoms. The van der Waals surface area contributed by atoms with Gasteiger partial charge in [0.25, 0.3) is 0 Å². The van der Waals surface area contributed by atoms with Crippen LogP contribution < -0.4 is 9.47 Å². The summed E-state index contributed by atoms with van der Waals surface area (Å²) in [6.07, 6.45) is 1.67. The third-order valence-corrected chi connectivity index (χ3v) is 3.75. The summed E-state index contributed by atoms with van der Waals surface area (Å²) in [5.41, 5.74) is 0.746. The molecule has 0 amide bonds. The van der Waals surface area contributed by atoms with Gasteiger partial charge < -0.3 is 9.47 Å². The Morgan fingerprint density at radius 2 is 2.00 bits per heavy atom. The van der Waals surface area contributed by atoms with Crippen molar-refractivity contribution < 1.29 is 9.47 Å². The van der Waals surface area contributed by atoms with E-state index in [1.807, 2.05) is 18.2 Å². The third kappa shape index (κ3) is 2.67. The summed E-state index contributed by atoms with van der Waals surface area (Å²) >= 11 is 8.08. The monoisotopic (exact) mass is 376 g/mol. The van der Waals surface area contributed by atoms with Crippen LogP contribution in [0.4, 0.5) is 0 Å². The molecule has 18 heavy (non-hydrogen) atoms. The van der Waals surface area contributed by atoms with Gasteiger partial charge in [-0.1, -0.05) is 11.6 Å². The molecule has 0 atom stereocenters. The Labute approximate surface area is 123 Å². The lowest BCUT2D eigenvalue weighted by Gasteiger charge is -2.09. The SMILES string of the molecule is COc1ccc(OC)c(-c2ncc(I)c(Cl)n2)c1. The number of nitrogens with zero attached hydrogens (tertiary/aromatic N) is 2. The highest BCUT2D eigenvalue weighted by atomic mass is 127. The summed E-state index contributed by atoms with van der Waals surface area (Å²) in [7, 11) is 3.20. The van der Waals surface area contributed by atoms with Crippen LogP contribution in [0.2, 0.25) is 5.15 Å². The van der Waals surface area contributed by atoms with Crippen molar-refractivity contribution >= 4 is 34.2 Å². The van der Waals surface area contributed by atoms with Crippen LogP contribution in [0.25, 0.3) is 11.4 Å². The highest BCUT2D eigenvalue weighted by Gasteiger charge is 2.12. The number of hydrogen-bond donors (Lipinski definition) is 0. The van der Waals surface area contributed by atoms with Gasteiger partial charge in [-0.25, -0.2) is 9.97 Å². The molecule has 0 N–H and O–H groups in total. The van der Waals surface area contributed by atoms with Gasteiger partial charge in [0.05, 0.1) is 23.4 Å². The molecule has 0 spiro atoms. The molecule has 4 nitrogen and oxygen atoms in total. The first-order valence-electron chi connectivity index (χ1n) is 5.06. The van der Waals surface area contributed by atoms with Gasteiger partial charge >= 0.3 is 0 Å². The average Bonchev–Trinajstić information content (AvgIpc) is 2.41. The van der Waals surface area contributed by atoms with Crippen LogP contribution in [0, 0.1) is 3.57 Å². The Morgan fingerprint density at radius 1 is 1.22 bits per heavy atom. The molecule has 0 saturated carbocycles. The third-order valence-electron chi connectivity index (χ3n) is 2.35. The Hall–Kier alpha value is -1.08. The molecular weight excluding hydrogens is 367 g/mol. The van der Waals surface area contributed by atoms with Crippen molar-refractivity contribution in [1.82, 2.24) is 9.97 Å². The molecule has 0 saturated heterocycles. The Morgan fingerprint density at radius 3 is 2.61 bits per heavy atom. The zero-order chi connectivity index (χ0) is 13.1. The Bertz CT molecular complexity index is 578. The number of halogens is 2. The fraction of sp³-hybridized carbons (Fsp3) is 0.167. The maximum absolute atomic E-state index is 6.00. The van der Waals surface area contributed by atoms with Crippen LogP contribution in [0.1, 0.15) is 0 Å². The molecule has 0 bridgehead atoms. The van der Waals surface area contributed by atoms with E-state index in [0.29, 0.717) is 22.5 Å². The second kappa shape index (κ2) is 5.71. The van der Waals surface area contributed by atoms with Gasteiger partial charge in [0, 0.05) is 6.20 Å². The molecule has 94 valence electrons. The molecule has 1 aromatic carbocycles. The smallest absolute Gasteiger partial charge is 0.164 e. The zero-order valence-electron chi connectivity index (χ0n) is 9.78. The summed E-state index contributed by atoms with van der Waals surface area (Å²) in [6, 6.07) is 5.44. The standard InChI is InChI=1S/C12H10ClIN2O2/c1-17-7-3-4-10(18-2)8(5-7)12-15-6-9(14)11(13)16-12/h3-6H,1-2H3. The summed E-state index contributed by atoms with van der Waals surface area (Å²) in [5, 5.41) is 0.422. The van der Waals surface area contributed by atoms with Crippen LogP contribution >= 0.6 is 34.2 Å². The molecule has 0 radical (unpaired) electrons. The first kappa shape index (κ1) is 13.4. The number of methoxy groups -OCH3 is 2. The van der Waals surface area contributed by atoms with Gasteiger partial charge in [-0.15, -0.1) is 0 Å². The Kier molecular flexibility index (Phi) is 4.23. The summed E-state index contributed by atoms with van der Waals surface area (Å²) in [5.74, 6) is 1.90. The van der Waals surface area contributed by atoms with Gasteiger partial charge in [0.2, 0.25) is 0 Å². The molecule has 0 fully saturated rings. The molecule has 0 unspecified atom stereocenters. The molecule has 2 aromatic rings. The van der Waals surface area contributed by atoms with E-state index in [1.165, 1.54) is 0 Å². The molecule has 1 aromatic heterocycles. The summed E-state index contributed by atoms with van der Waals surface area (Å²) in [6.45, 7) is 0. The van der Waals surface area contributed by atoms with Gasteiger partial charge in [0.1, 0.15) is 16.7 Å². The van der Waals surface area contributed by atoms with Crippen LogP contribution in [-0.4, -0.2) is 24.2 Å². The van der Waals surface area contributed by atoms with Gasteiger partial charge in [-0.2, -0.15) is 0 Å². The number of rotatable bonds is 3. The van der Waals surface area contributed by atoms with Gasteiger partial charge in [0.15, 0.2) is 5.82 Å². The van der Waals surface area contributed by atoms with E-state index >= 15 is 0 Å². The van der Waals surface area contributed by atoms with Crippen molar-refractivity contribution in [3.05, 3.63) is 33.1 Å². The highest BCUT2D eigenvalue weighted by Crippen LogP contribution is 2.32. The lowest BCUT2D eigenvalue weighted by atomic mass is 10.1. The fourth-order valence-electron chi connectivity index (χ4n) is 1.46. The zero-order valence-corrected chi connectivity index (χ0v) is 12.7. The minimum absolute atomic E-state index is 0.422. The summed E-state index contributed by atoms with van der Waals surface area (Å²) < 4.78 is 11.3. The van der Waals surface area contributed by atoms with Crippen molar-refractivity contribution in [1.29, 1.82) is 0 Å². The van der Waals surface area contributed by atoms with E-state index in [2.05, 4.69) is 32.6 Å². The minimum atomic E-state index is 0.422. The lowest BCUT2D eigenvalue weighted by Crippen LogP contribution is -1.95. The average molecular weight is 377 g/mol. The van der Waals surface area contributed by atoms with Crippen molar-refractivity contribution in [2.45, 2.75) is 0 Å². The highest BCUT2D eigenvalue weighted by molar-refractivity contribution is 14.1. The van der Waals surface area contributed by atoms with Gasteiger partial charge in [-0.3, -0.25) is 0 Å². The van der Waals surface area contributed by atoms with Crippen LogP contribution in [0.15, 0.2) is 24.4 Å². The first-order valence-corrected chi connectivity index (χ1v) is 6.52.